The van der Waals surface area contributed by atoms with Gasteiger partial charge in [0.05, 0.1) is 16.3 Å². The van der Waals surface area contributed by atoms with E-state index in [4.69, 9.17) is 22.4 Å². The average molecular weight is 548 g/mol. The third-order valence-electron chi connectivity index (χ3n) is 5.87. The number of aromatic nitrogens is 2. The summed E-state index contributed by atoms with van der Waals surface area (Å²) in [7, 11) is -5.00. The van der Waals surface area contributed by atoms with Crippen LogP contribution in [0.5, 0.6) is 5.75 Å². The summed E-state index contributed by atoms with van der Waals surface area (Å²) in [4.78, 5) is 25.4. The zero-order valence-corrected chi connectivity index (χ0v) is 22.1. The Morgan fingerprint density at radius 1 is 1.30 bits per heavy atom. The van der Waals surface area contributed by atoms with Crippen LogP contribution in [0.15, 0.2) is 27.9 Å². The third-order valence-corrected chi connectivity index (χ3v) is 7.04. The van der Waals surface area contributed by atoms with Crippen molar-refractivity contribution >= 4 is 7.82 Å². The molecule has 13 heteroatoms. The summed E-state index contributed by atoms with van der Waals surface area (Å²) >= 11 is 0. The van der Waals surface area contributed by atoms with Crippen LogP contribution in [0.2, 0.25) is 0 Å². The van der Waals surface area contributed by atoms with Gasteiger partial charge in [0.2, 0.25) is 5.85 Å². The van der Waals surface area contributed by atoms with Gasteiger partial charge in [0.25, 0.3) is 5.56 Å². The van der Waals surface area contributed by atoms with Gasteiger partial charge in [-0.15, -0.1) is 0 Å². The first-order valence-electron chi connectivity index (χ1n) is 12.9. The maximum absolute atomic E-state index is 16.0. The molecule has 1 saturated heterocycles. The van der Waals surface area contributed by atoms with E-state index in [9.17, 15) is 19.3 Å². The lowest BCUT2D eigenvalue weighted by Gasteiger charge is -2.34. The van der Waals surface area contributed by atoms with Crippen molar-refractivity contribution in [1.29, 1.82) is 0 Å². The number of H-pyrrole nitrogens is 1. The Kier molecular flexibility index (Phi) is 5.85. The molecule has 1 fully saturated rings. The highest BCUT2D eigenvalue weighted by molar-refractivity contribution is 7.49. The number of nitrogens with one attached hydrogen (secondary N) is 1. The molecule has 4 rings (SSSR count). The molecule has 0 bridgehead atoms. The number of aliphatic hydroxyl groups excluding tert-OH is 1. The van der Waals surface area contributed by atoms with Crippen molar-refractivity contribution in [2.45, 2.75) is 83.6 Å². The van der Waals surface area contributed by atoms with E-state index in [0.717, 1.165) is 12.3 Å². The Hall–Kier alpha value is -2.37. The summed E-state index contributed by atoms with van der Waals surface area (Å²) in [5, 5.41) is 10.4. The van der Waals surface area contributed by atoms with Gasteiger partial charge in [-0.25, -0.2) is 18.1 Å². The van der Waals surface area contributed by atoms with Crippen LogP contribution in [0, 0.1) is 5.82 Å². The lowest BCUT2D eigenvalue weighted by molar-refractivity contribution is -0.179. The molecule has 2 aromatic rings. The van der Waals surface area contributed by atoms with Crippen molar-refractivity contribution < 1.29 is 40.9 Å². The van der Waals surface area contributed by atoms with Crippen LogP contribution < -0.4 is 15.8 Å². The van der Waals surface area contributed by atoms with Crippen molar-refractivity contribution in [3.8, 4) is 5.75 Å². The molecule has 4 atom stereocenters. The first-order valence-corrected chi connectivity index (χ1v) is 12.9. The molecule has 1 unspecified atom stereocenters. The van der Waals surface area contributed by atoms with Crippen LogP contribution in [-0.4, -0.2) is 33.2 Å². The Bertz CT molecular complexity index is 1520. The molecule has 204 valence electrons. The Morgan fingerprint density at radius 3 is 2.54 bits per heavy atom. The quantitative estimate of drug-likeness (QED) is 0.551. The second-order valence-corrected chi connectivity index (χ2v) is 12.5. The second-order valence-electron chi connectivity index (χ2n) is 11.0. The monoisotopic (exact) mass is 547 g/mol. The van der Waals surface area contributed by atoms with E-state index in [1.165, 1.54) is 0 Å². The standard InChI is InChI=1S/C24H31F2N2O8P/c1-22(2,3)14-9-15(23(4,5)6)19-13(18(14)25)11-33-37(32,36-19)34-12-24(26)10-16(29)20(35-24)28-8-7-17(30)27-21(28)31/h7-9,16,20,29H,10-12H2,1-6H3,(H,27,30,31)/t16-,20-,24+,37?/m1/s1/i12D2,20D. The van der Waals surface area contributed by atoms with Gasteiger partial charge < -0.3 is 14.4 Å². The number of aromatic amines is 1. The molecule has 0 radical (unpaired) electrons. The highest BCUT2D eigenvalue weighted by Gasteiger charge is 2.51. The number of ether oxygens (including phenoxy) is 1. The fourth-order valence-corrected chi connectivity index (χ4v) is 5.07. The van der Waals surface area contributed by atoms with Crippen molar-refractivity contribution in [2.75, 3.05) is 6.56 Å². The fraction of sp³-hybridized carbons (Fsp3) is 0.583. The lowest BCUT2D eigenvalue weighted by Crippen LogP contribution is -2.35. The van der Waals surface area contributed by atoms with E-state index in [-0.39, 0.29) is 11.3 Å². The smallest absolute Gasteiger partial charge is 0.403 e. The maximum atomic E-state index is 16.0. The number of nitrogens with zero attached hydrogens (tertiary/aromatic N) is 1. The van der Waals surface area contributed by atoms with Gasteiger partial charge in [0, 0.05) is 24.2 Å². The van der Waals surface area contributed by atoms with E-state index in [2.05, 4.69) is 0 Å². The van der Waals surface area contributed by atoms with Gasteiger partial charge in [-0.3, -0.25) is 23.4 Å². The molecular weight excluding hydrogens is 513 g/mol. The summed E-state index contributed by atoms with van der Waals surface area (Å²) in [6.07, 6.45) is -5.57. The first-order chi connectivity index (χ1) is 18.0. The van der Waals surface area contributed by atoms with Gasteiger partial charge in [-0.1, -0.05) is 41.5 Å². The largest absolute Gasteiger partial charge is 0.530 e. The molecule has 0 saturated carbocycles. The molecule has 0 amide bonds. The molecule has 2 N–H and O–H groups in total. The van der Waals surface area contributed by atoms with Crippen LogP contribution >= 0.6 is 7.82 Å². The number of halogens is 2. The van der Waals surface area contributed by atoms with Gasteiger partial charge in [0.15, 0.2) is 6.20 Å². The fourth-order valence-electron chi connectivity index (χ4n) is 3.96. The van der Waals surface area contributed by atoms with Crippen LogP contribution in [0.3, 0.4) is 0 Å². The van der Waals surface area contributed by atoms with Crippen LogP contribution in [0.1, 0.15) is 75.0 Å². The number of hydrogen-bond donors (Lipinski definition) is 2. The number of benzene rings is 1. The summed E-state index contributed by atoms with van der Waals surface area (Å²) in [5.41, 5.74) is -2.67. The van der Waals surface area contributed by atoms with E-state index in [1.807, 2.05) is 25.8 Å². The molecule has 37 heavy (non-hydrogen) atoms. The number of phosphoric ester groups is 1. The normalized spacial score (nSPS) is 31.7. The van der Waals surface area contributed by atoms with Crippen molar-refractivity contribution in [1.82, 2.24) is 9.55 Å². The summed E-state index contributed by atoms with van der Waals surface area (Å²) in [6.45, 7) is 6.47. The second kappa shape index (κ2) is 9.13. The molecule has 0 aliphatic carbocycles. The topological polar surface area (TPSA) is 129 Å². The Morgan fingerprint density at radius 2 is 1.95 bits per heavy atom. The summed E-state index contributed by atoms with van der Waals surface area (Å²) in [6, 6.07) is 2.37. The van der Waals surface area contributed by atoms with E-state index < -0.39 is 73.5 Å². The first kappa shape index (κ1) is 23.7. The predicted octanol–water partition coefficient (Wildman–Crippen LogP) is 3.95. The molecule has 1 aromatic heterocycles. The number of phosphoric acid groups is 1. The number of rotatable bonds is 4. The van der Waals surface area contributed by atoms with Crippen LogP contribution in [-0.2, 0) is 35.8 Å². The number of alkyl halides is 1. The van der Waals surface area contributed by atoms with E-state index >= 15 is 8.78 Å². The minimum absolute atomic E-state index is 0.0712. The third kappa shape index (κ3) is 5.44. The summed E-state index contributed by atoms with van der Waals surface area (Å²) < 4.78 is 90.7. The Balaban J connectivity index is 1.70. The Labute approximate surface area is 216 Å². The lowest BCUT2D eigenvalue weighted by atomic mass is 9.78. The minimum Gasteiger partial charge on any atom is -0.403 e. The van der Waals surface area contributed by atoms with Gasteiger partial charge in [0.1, 0.15) is 24.2 Å². The predicted molar refractivity (Wildman–Crippen MR) is 129 cm³/mol. The highest BCUT2D eigenvalue weighted by atomic mass is 31.2. The van der Waals surface area contributed by atoms with Crippen LogP contribution in [0.4, 0.5) is 8.78 Å². The molecule has 1 aromatic carbocycles. The van der Waals surface area contributed by atoms with Crippen molar-refractivity contribution in [2.24, 2.45) is 0 Å². The van der Waals surface area contributed by atoms with Gasteiger partial charge in [-0.2, -0.15) is 0 Å². The molecule has 3 heterocycles. The molecule has 2 aliphatic rings. The number of fused-ring (bicyclic) bond motifs is 1. The molecule has 2 aliphatic heterocycles. The molecular formula is C24H31F2N2O8P. The average Bonchev–Trinajstić information content (AvgIpc) is 3.01. The van der Waals surface area contributed by atoms with Crippen molar-refractivity contribution in [3.63, 3.8) is 0 Å². The molecule has 0 spiro atoms. The summed E-state index contributed by atoms with van der Waals surface area (Å²) in [5.74, 6) is -4.53. The highest BCUT2D eigenvalue weighted by Crippen LogP contribution is 2.58. The molecule has 10 nitrogen and oxygen atoms in total. The van der Waals surface area contributed by atoms with Gasteiger partial charge >= 0.3 is 13.5 Å². The zero-order valence-electron chi connectivity index (χ0n) is 24.2. The van der Waals surface area contributed by atoms with Crippen molar-refractivity contribution in [3.05, 3.63) is 61.7 Å². The number of hydrogen-bond acceptors (Lipinski definition) is 8. The van der Waals surface area contributed by atoms with Gasteiger partial charge in [-0.05, 0) is 22.5 Å². The zero-order chi connectivity index (χ0) is 30.3. The van der Waals surface area contributed by atoms with Crippen LogP contribution in [0.25, 0.3) is 0 Å². The van der Waals surface area contributed by atoms with E-state index in [1.54, 1.807) is 26.8 Å². The van der Waals surface area contributed by atoms with E-state index in [0.29, 0.717) is 15.7 Å². The minimum atomic E-state index is -5.00. The SMILES string of the molecule is [2H]C([2H])(OP1(=O)OCc2c(F)c(C(C)(C)C)cc(C(C)(C)C)c2O1)[C@]1(F)C[C@@H](O)[C@]([2H])(n2ccc(=O)[nH]c2=O)O1. The number of aliphatic hydroxyl groups is 1. The maximum Gasteiger partial charge on any atom is 0.530 e.